The van der Waals surface area contributed by atoms with Gasteiger partial charge in [-0.2, -0.15) is 17.6 Å². The minimum atomic E-state index is -5.44. The average Bonchev–Trinajstić information content (AvgIpc) is 2.04. The van der Waals surface area contributed by atoms with E-state index in [1.54, 1.807) is 6.92 Å². The van der Waals surface area contributed by atoms with Gasteiger partial charge in [-0.15, -0.1) is 0 Å². The fourth-order valence-corrected chi connectivity index (χ4v) is 0.568. The van der Waals surface area contributed by atoms with Gasteiger partial charge in [0.05, 0.1) is 6.61 Å². The van der Waals surface area contributed by atoms with E-state index < -0.39 is 25.1 Å². The van der Waals surface area contributed by atoms with Crippen molar-refractivity contribution in [3.63, 3.8) is 0 Å². The lowest BCUT2D eigenvalue weighted by molar-refractivity contribution is -0.373. The van der Waals surface area contributed by atoms with Gasteiger partial charge in [0, 0.05) is 0 Å². The van der Waals surface area contributed by atoms with E-state index in [0.717, 1.165) is 0 Å². The predicted molar refractivity (Wildman–Crippen MR) is 36.8 cm³/mol. The van der Waals surface area contributed by atoms with E-state index >= 15 is 0 Å². The smallest absolute Gasteiger partial charge is 0.316 e. The first kappa shape index (κ1) is 13.5. The van der Waals surface area contributed by atoms with Gasteiger partial charge >= 0.3 is 18.5 Å². The number of hydrogen-bond donors (Lipinski definition) is 0. The Balaban J connectivity index is 4.29. The highest BCUT2D eigenvalue weighted by molar-refractivity contribution is 4.79. The molecule has 0 bridgehead atoms. The molecule has 0 amide bonds. The zero-order chi connectivity index (χ0) is 11.4. The zero-order valence-electron chi connectivity index (χ0n) is 7.37. The molecule has 7 heteroatoms. The summed E-state index contributed by atoms with van der Waals surface area (Å²) in [5.41, 5.74) is 0. The molecule has 0 atom stereocenters. The summed E-state index contributed by atoms with van der Waals surface area (Å²) in [5, 5.41) is 0. The largest absolute Gasteiger partial charge is 0.425 e. The maximum atomic E-state index is 12.3. The Morgan fingerprint density at radius 2 is 1.64 bits per heavy atom. The second-order valence-electron chi connectivity index (χ2n) is 2.64. The molecule has 14 heavy (non-hydrogen) atoms. The van der Waals surface area contributed by atoms with Gasteiger partial charge in [-0.1, -0.05) is 13.3 Å². The predicted octanol–water partition coefficient (Wildman–Crippen LogP) is 3.30. The summed E-state index contributed by atoms with van der Waals surface area (Å²) in [6, 6.07) is 0. The van der Waals surface area contributed by atoms with Crippen LogP contribution in [0.25, 0.3) is 0 Å². The van der Waals surface area contributed by atoms with Gasteiger partial charge < -0.3 is 4.74 Å². The Hall–Kier alpha value is -0.460. The minimum absolute atomic E-state index is 0.106. The van der Waals surface area contributed by atoms with Crippen LogP contribution in [-0.2, 0) is 4.74 Å². The van der Waals surface area contributed by atoms with E-state index in [-0.39, 0.29) is 6.42 Å². The van der Waals surface area contributed by atoms with Gasteiger partial charge in [-0.05, 0) is 6.42 Å². The summed E-state index contributed by atoms with van der Waals surface area (Å²) in [4.78, 5) is 0. The summed E-state index contributed by atoms with van der Waals surface area (Å²) in [7, 11) is 0. The molecule has 0 N–H and O–H groups in total. The van der Waals surface area contributed by atoms with Gasteiger partial charge in [0.1, 0.15) is 0 Å². The summed E-state index contributed by atoms with van der Waals surface area (Å²) in [6.45, 7) is 0.943. The standard InChI is InChI=1S/C7H10F6O/c1-2-3-4-14-7(12,13)6(10,11)5(8)9/h5H,2-4H2,1H3. The van der Waals surface area contributed by atoms with Gasteiger partial charge in [0.25, 0.3) is 0 Å². The number of rotatable bonds is 6. The van der Waals surface area contributed by atoms with Crippen molar-refractivity contribution in [1.82, 2.24) is 0 Å². The Morgan fingerprint density at radius 3 is 2.00 bits per heavy atom. The summed E-state index contributed by atoms with van der Waals surface area (Å²) < 4.78 is 75.3. The first-order chi connectivity index (χ1) is 6.25. The first-order valence-corrected chi connectivity index (χ1v) is 3.93. The van der Waals surface area contributed by atoms with Gasteiger partial charge in [-0.25, -0.2) is 8.78 Å². The van der Waals surface area contributed by atoms with Crippen molar-refractivity contribution in [2.75, 3.05) is 6.61 Å². The van der Waals surface area contributed by atoms with Crippen molar-refractivity contribution >= 4 is 0 Å². The van der Waals surface area contributed by atoms with E-state index in [1.165, 1.54) is 0 Å². The molecule has 0 spiro atoms. The van der Waals surface area contributed by atoms with E-state index in [4.69, 9.17) is 0 Å². The van der Waals surface area contributed by atoms with Crippen molar-refractivity contribution in [3.8, 4) is 0 Å². The number of unbranched alkanes of at least 4 members (excludes halogenated alkanes) is 1. The Labute approximate surface area is 77.0 Å². The molecule has 0 aliphatic carbocycles. The van der Waals surface area contributed by atoms with E-state index in [9.17, 15) is 26.3 Å². The van der Waals surface area contributed by atoms with Crippen LogP contribution < -0.4 is 0 Å². The molecule has 0 unspecified atom stereocenters. The molecule has 0 saturated heterocycles. The summed E-state index contributed by atoms with van der Waals surface area (Å²) >= 11 is 0. The highest BCUT2D eigenvalue weighted by Crippen LogP contribution is 2.39. The van der Waals surface area contributed by atoms with Crippen LogP contribution in [0.2, 0.25) is 0 Å². The van der Waals surface area contributed by atoms with Gasteiger partial charge in [0.15, 0.2) is 0 Å². The highest BCUT2D eigenvalue weighted by Gasteiger charge is 2.64. The molecule has 0 aliphatic rings. The molecule has 1 nitrogen and oxygen atoms in total. The van der Waals surface area contributed by atoms with Crippen LogP contribution in [0.5, 0.6) is 0 Å². The lowest BCUT2D eigenvalue weighted by Gasteiger charge is -2.25. The van der Waals surface area contributed by atoms with E-state index in [2.05, 4.69) is 4.74 Å². The summed E-state index contributed by atoms with van der Waals surface area (Å²) in [5.74, 6) is -5.44. The second kappa shape index (κ2) is 4.86. The quantitative estimate of drug-likeness (QED) is 0.496. The monoisotopic (exact) mass is 224 g/mol. The molecule has 0 aromatic carbocycles. The molecular weight excluding hydrogens is 214 g/mol. The van der Waals surface area contributed by atoms with E-state index in [1.807, 2.05) is 0 Å². The van der Waals surface area contributed by atoms with Crippen LogP contribution in [0, 0.1) is 0 Å². The highest BCUT2D eigenvalue weighted by atomic mass is 19.3. The molecular formula is C7H10F6O. The Bertz CT molecular complexity index is 170. The maximum Gasteiger partial charge on any atom is 0.425 e. The second-order valence-corrected chi connectivity index (χ2v) is 2.64. The normalized spacial score (nSPS) is 13.7. The molecule has 0 radical (unpaired) electrons. The average molecular weight is 224 g/mol. The minimum Gasteiger partial charge on any atom is -0.316 e. The van der Waals surface area contributed by atoms with Crippen LogP contribution in [0.1, 0.15) is 19.8 Å². The molecule has 0 rings (SSSR count). The zero-order valence-corrected chi connectivity index (χ0v) is 7.37. The third kappa shape index (κ3) is 3.04. The lowest BCUT2D eigenvalue weighted by Crippen LogP contribution is -2.48. The molecule has 0 heterocycles. The van der Waals surface area contributed by atoms with Gasteiger partial charge in [-0.3, -0.25) is 0 Å². The van der Waals surface area contributed by atoms with Crippen LogP contribution in [0.15, 0.2) is 0 Å². The van der Waals surface area contributed by atoms with Crippen LogP contribution in [0.4, 0.5) is 26.3 Å². The van der Waals surface area contributed by atoms with Gasteiger partial charge in [0.2, 0.25) is 0 Å². The molecule has 0 fully saturated rings. The number of alkyl halides is 6. The lowest BCUT2D eigenvalue weighted by atomic mass is 10.3. The van der Waals surface area contributed by atoms with Crippen LogP contribution in [0.3, 0.4) is 0 Å². The van der Waals surface area contributed by atoms with Crippen molar-refractivity contribution in [2.45, 2.75) is 38.2 Å². The van der Waals surface area contributed by atoms with Crippen molar-refractivity contribution in [3.05, 3.63) is 0 Å². The van der Waals surface area contributed by atoms with Crippen LogP contribution >= 0.6 is 0 Å². The Kier molecular flexibility index (Phi) is 4.70. The summed E-state index contributed by atoms with van der Waals surface area (Å²) in [6.07, 6.45) is -9.01. The van der Waals surface area contributed by atoms with Crippen LogP contribution in [-0.4, -0.2) is 25.1 Å². The molecule has 0 aromatic heterocycles. The number of hydrogen-bond acceptors (Lipinski definition) is 1. The van der Waals surface area contributed by atoms with Crippen molar-refractivity contribution in [1.29, 1.82) is 0 Å². The molecule has 0 aromatic rings. The Morgan fingerprint density at radius 1 is 1.14 bits per heavy atom. The molecule has 0 saturated carbocycles. The molecule has 0 aliphatic heterocycles. The number of halogens is 6. The third-order valence-electron chi connectivity index (χ3n) is 1.44. The third-order valence-corrected chi connectivity index (χ3v) is 1.44. The van der Waals surface area contributed by atoms with Crippen molar-refractivity contribution < 1.29 is 31.1 Å². The molecule has 86 valence electrons. The topological polar surface area (TPSA) is 9.23 Å². The SMILES string of the molecule is CCCCOC(F)(F)C(F)(F)C(F)F. The fraction of sp³-hybridized carbons (Fsp3) is 1.00. The number of ether oxygens (including phenoxy) is 1. The fourth-order valence-electron chi connectivity index (χ4n) is 0.568. The van der Waals surface area contributed by atoms with Crippen molar-refractivity contribution in [2.24, 2.45) is 0 Å². The first-order valence-electron chi connectivity index (χ1n) is 3.93. The maximum absolute atomic E-state index is 12.3. The van der Waals surface area contributed by atoms with E-state index in [0.29, 0.717) is 6.42 Å².